The summed E-state index contributed by atoms with van der Waals surface area (Å²) in [5.74, 6) is 0. The Balaban J connectivity index is 1.82. The van der Waals surface area contributed by atoms with Gasteiger partial charge in [0.05, 0.1) is 6.07 Å². The minimum Gasteiger partial charge on any atom is -0.310 e. The predicted molar refractivity (Wildman–Crippen MR) is 79.9 cm³/mol. The summed E-state index contributed by atoms with van der Waals surface area (Å²) in [6.45, 7) is 7.44. The van der Waals surface area contributed by atoms with Crippen molar-refractivity contribution in [3.63, 3.8) is 0 Å². The topological polar surface area (TPSA) is 52.0 Å². The summed E-state index contributed by atoms with van der Waals surface area (Å²) in [4.78, 5) is 6.40. The number of aromatic nitrogens is 1. The first-order valence-electron chi connectivity index (χ1n) is 7.16. The zero-order valence-electron chi connectivity index (χ0n) is 11.9. The Kier molecular flexibility index (Phi) is 5.72. The van der Waals surface area contributed by atoms with E-state index in [1.807, 2.05) is 12.3 Å². The highest BCUT2D eigenvalue weighted by molar-refractivity contribution is 5.10. The molecule has 1 aliphatic carbocycles. The van der Waals surface area contributed by atoms with E-state index >= 15 is 0 Å². The van der Waals surface area contributed by atoms with Crippen LogP contribution >= 0.6 is 0 Å². The Morgan fingerprint density at radius 3 is 3.05 bits per heavy atom. The van der Waals surface area contributed by atoms with E-state index in [2.05, 4.69) is 33.9 Å². The zero-order valence-corrected chi connectivity index (χ0v) is 11.9. The van der Waals surface area contributed by atoms with Gasteiger partial charge in [0.15, 0.2) is 0 Å². The minimum absolute atomic E-state index is 0.545. The number of hydrogen-bond donors (Lipinski definition) is 1. The lowest BCUT2D eigenvalue weighted by Gasteiger charge is -2.22. The van der Waals surface area contributed by atoms with Gasteiger partial charge in [-0.15, -0.1) is 0 Å². The van der Waals surface area contributed by atoms with Crippen LogP contribution in [0.3, 0.4) is 0 Å². The van der Waals surface area contributed by atoms with Crippen molar-refractivity contribution in [1.82, 2.24) is 15.2 Å². The van der Waals surface area contributed by atoms with Crippen LogP contribution in [0.4, 0.5) is 0 Å². The van der Waals surface area contributed by atoms with E-state index < -0.39 is 0 Å². The minimum atomic E-state index is 0.545. The molecular formula is C16H22N4. The second-order valence-corrected chi connectivity index (χ2v) is 5.39. The largest absolute Gasteiger partial charge is 0.310 e. The van der Waals surface area contributed by atoms with Gasteiger partial charge in [-0.1, -0.05) is 12.6 Å². The molecule has 0 aromatic carbocycles. The Morgan fingerprint density at radius 1 is 1.55 bits per heavy atom. The van der Waals surface area contributed by atoms with Gasteiger partial charge in [0.1, 0.15) is 0 Å². The van der Waals surface area contributed by atoms with Crippen LogP contribution in [-0.2, 0) is 6.54 Å². The average Bonchev–Trinajstić information content (AvgIpc) is 3.28. The van der Waals surface area contributed by atoms with Crippen LogP contribution in [0.15, 0.2) is 36.7 Å². The Morgan fingerprint density at radius 2 is 2.40 bits per heavy atom. The maximum absolute atomic E-state index is 8.78. The summed E-state index contributed by atoms with van der Waals surface area (Å²) in [7, 11) is 0. The highest BCUT2D eigenvalue weighted by Crippen LogP contribution is 2.18. The first-order chi connectivity index (χ1) is 9.78. The molecule has 1 aliphatic rings. The van der Waals surface area contributed by atoms with Gasteiger partial charge in [-0.2, -0.15) is 5.26 Å². The standard InChI is InChI=1S/C16H22N4/c1-14(10-19-16-5-6-16)12-20(9-3-7-17)13-15-4-2-8-18-11-15/h2,4,8,11,16,19H,1,3,5-6,9-10,12-13H2. The maximum Gasteiger partial charge on any atom is 0.0635 e. The van der Waals surface area contributed by atoms with Gasteiger partial charge in [-0.3, -0.25) is 9.88 Å². The van der Waals surface area contributed by atoms with Crippen LogP contribution in [0.2, 0.25) is 0 Å². The second kappa shape index (κ2) is 7.78. The molecule has 1 heterocycles. The Labute approximate surface area is 121 Å². The predicted octanol–water partition coefficient (Wildman–Crippen LogP) is 2.11. The quantitative estimate of drug-likeness (QED) is 0.698. The molecule has 106 valence electrons. The van der Waals surface area contributed by atoms with Gasteiger partial charge >= 0.3 is 0 Å². The van der Waals surface area contributed by atoms with Crippen molar-refractivity contribution in [2.24, 2.45) is 0 Å². The van der Waals surface area contributed by atoms with Crippen LogP contribution in [-0.4, -0.2) is 35.6 Å². The Bertz CT molecular complexity index is 459. The molecule has 0 aliphatic heterocycles. The summed E-state index contributed by atoms with van der Waals surface area (Å²) < 4.78 is 0. The fraction of sp³-hybridized carbons (Fsp3) is 0.500. The van der Waals surface area contributed by atoms with Crippen LogP contribution in [0.1, 0.15) is 24.8 Å². The SMILES string of the molecule is C=C(CNC1CC1)CN(CCC#N)Cc1cccnc1. The van der Waals surface area contributed by atoms with Crippen LogP contribution in [0.25, 0.3) is 0 Å². The summed E-state index contributed by atoms with van der Waals surface area (Å²) >= 11 is 0. The van der Waals surface area contributed by atoms with E-state index in [-0.39, 0.29) is 0 Å². The lowest BCUT2D eigenvalue weighted by molar-refractivity contribution is 0.292. The fourth-order valence-electron chi connectivity index (χ4n) is 2.12. The zero-order chi connectivity index (χ0) is 14.2. The van der Waals surface area contributed by atoms with Crippen LogP contribution in [0.5, 0.6) is 0 Å². The van der Waals surface area contributed by atoms with Gasteiger partial charge in [0.2, 0.25) is 0 Å². The van der Waals surface area contributed by atoms with Gasteiger partial charge in [-0.25, -0.2) is 0 Å². The molecule has 2 rings (SSSR count). The number of nitrogens with one attached hydrogen (secondary N) is 1. The van der Waals surface area contributed by atoms with Crippen molar-refractivity contribution in [3.8, 4) is 6.07 Å². The molecule has 4 heteroatoms. The molecule has 0 spiro atoms. The lowest BCUT2D eigenvalue weighted by atomic mass is 10.2. The molecule has 1 fully saturated rings. The molecule has 0 saturated heterocycles. The Hall–Kier alpha value is -1.70. The first kappa shape index (κ1) is 14.7. The molecule has 0 unspecified atom stereocenters. The van der Waals surface area contributed by atoms with E-state index in [1.165, 1.54) is 24.0 Å². The number of nitriles is 1. The molecule has 1 aromatic heterocycles. The van der Waals surface area contributed by atoms with Crippen LogP contribution < -0.4 is 5.32 Å². The normalized spacial score (nSPS) is 14.2. The number of hydrogen-bond acceptors (Lipinski definition) is 4. The second-order valence-electron chi connectivity index (χ2n) is 5.39. The molecule has 1 saturated carbocycles. The molecule has 4 nitrogen and oxygen atoms in total. The summed E-state index contributed by atoms with van der Waals surface area (Å²) in [6, 6.07) is 6.93. The van der Waals surface area contributed by atoms with E-state index in [1.54, 1.807) is 6.20 Å². The van der Waals surface area contributed by atoms with Gasteiger partial charge in [0, 0.05) is 51.0 Å². The van der Waals surface area contributed by atoms with Gasteiger partial charge in [-0.05, 0) is 30.0 Å². The van der Waals surface area contributed by atoms with Crippen molar-refractivity contribution < 1.29 is 0 Å². The third-order valence-electron chi connectivity index (χ3n) is 3.33. The first-order valence-corrected chi connectivity index (χ1v) is 7.16. The molecule has 20 heavy (non-hydrogen) atoms. The van der Waals surface area contributed by atoms with Gasteiger partial charge < -0.3 is 5.32 Å². The smallest absolute Gasteiger partial charge is 0.0635 e. The van der Waals surface area contributed by atoms with E-state index in [4.69, 9.17) is 5.26 Å². The number of rotatable bonds is 9. The highest BCUT2D eigenvalue weighted by Gasteiger charge is 2.20. The third kappa shape index (κ3) is 5.52. The lowest BCUT2D eigenvalue weighted by Crippen LogP contribution is -2.30. The van der Waals surface area contributed by atoms with Gasteiger partial charge in [0.25, 0.3) is 0 Å². The summed E-state index contributed by atoms with van der Waals surface area (Å²) in [5, 5.41) is 12.3. The maximum atomic E-state index is 8.78. The fourth-order valence-corrected chi connectivity index (χ4v) is 2.12. The van der Waals surface area contributed by atoms with Crippen molar-refractivity contribution in [2.75, 3.05) is 19.6 Å². The van der Waals surface area contributed by atoms with Crippen molar-refractivity contribution in [1.29, 1.82) is 5.26 Å². The molecule has 0 radical (unpaired) electrons. The van der Waals surface area contributed by atoms with Crippen LogP contribution in [0, 0.1) is 11.3 Å². The van der Waals surface area contributed by atoms with E-state index in [9.17, 15) is 0 Å². The molecule has 0 atom stereocenters. The monoisotopic (exact) mass is 270 g/mol. The van der Waals surface area contributed by atoms with Crippen molar-refractivity contribution in [2.45, 2.75) is 31.8 Å². The molecule has 1 N–H and O–H groups in total. The van der Waals surface area contributed by atoms with Crippen molar-refractivity contribution >= 4 is 0 Å². The summed E-state index contributed by atoms with van der Waals surface area (Å²) in [6.07, 6.45) is 6.79. The highest BCUT2D eigenvalue weighted by atomic mass is 15.1. The summed E-state index contributed by atoms with van der Waals surface area (Å²) in [5.41, 5.74) is 2.35. The third-order valence-corrected chi connectivity index (χ3v) is 3.33. The van der Waals surface area contributed by atoms with E-state index in [0.29, 0.717) is 12.5 Å². The van der Waals surface area contributed by atoms with E-state index in [0.717, 1.165) is 26.2 Å². The molecular weight excluding hydrogens is 248 g/mol. The molecule has 0 bridgehead atoms. The average molecular weight is 270 g/mol. The van der Waals surface area contributed by atoms with Crippen molar-refractivity contribution in [3.05, 3.63) is 42.2 Å². The molecule has 1 aromatic rings. The number of nitrogens with zero attached hydrogens (tertiary/aromatic N) is 3. The molecule has 0 amide bonds. The number of pyridine rings is 1.